The smallest absolute Gasteiger partial charge is 0.337 e. The summed E-state index contributed by atoms with van der Waals surface area (Å²) in [5.41, 5.74) is 4.31. The number of aromatic carboxylic acids is 1. The van der Waals surface area contributed by atoms with Gasteiger partial charge in [0.1, 0.15) is 0 Å². The maximum Gasteiger partial charge on any atom is 0.337 e. The molecule has 0 aliphatic rings. The summed E-state index contributed by atoms with van der Waals surface area (Å²) in [5, 5.41) is 12.4. The van der Waals surface area contributed by atoms with E-state index in [4.69, 9.17) is 0 Å². The van der Waals surface area contributed by atoms with Gasteiger partial charge in [-0.1, -0.05) is 36.4 Å². The Morgan fingerprint density at radius 1 is 1.05 bits per heavy atom. The van der Waals surface area contributed by atoms with E-state index in [0.717, 1.165) is 5.56 Å². The Balaban J connectivity index is 2.25. The number of hydrogen-bond donors (Lipinski definition) is 2. The average Bonchev–Trinajstić information content (AvgIpc) is 2.38. The van der Waals surface area contributed by atoms with Crippen LogP contribution in [0.5, 0.6) is 0 Å². The van der Waals surface area contributed by atoms with Gasteiger partial charge in [-0.05, 0) is 36.6 Å². The Kier molecular flexibility index (Phi) is 3.85. The largest absolute Gasteiger partial charge is 0.478 e. The molecule has 0 amide bonds. The number of carboxylic acid groups (broad SMARTS) is 1. The number of benzene rings is 2. The molecule has 0 saturated carbocycles. The van der Waals surface area contributed by atoms with Crippen molar-refractivity contribution in [3.8, 4) is 0 Å². The fourth-order valence-corrected chi connectivity index (χ4v) is 2.07. The van der Waals surface area contributed by atoms with Crippen LogP contribution in [0.15, 0.2) is 42.5 Å². The molecule has 98 valence electrons. The van der Waals surface area contributed by atoms with Crippen molar-refractivity contribution in [3.05, 3.63) is 64.7 Å². The minimum atomic E-state index is -0.906. The molecule has 0 bridgehead atoms. The molecule has 0 aromatic heterocycles. The molecule has 2 N–H and O–H groups in total. The van der Waals surface area contributed by atoms with Gasteiger partial charge in [0.2, 0.25) is 0 Å². The molecule has 3 heteroatoms. The van der Waals surface area contributed by atoms with E-state index in [1.165, 1.54) is 11.1 Å². The lowest BCUT2D eigenvalue weighted by molar-refractivity contribution is 0.0698. The first-order valence-corrected chi connectivity index (χ1v) is 6.21. The van der Waals surface area contributed by atoms with Crippen molar-refractivity contribution >= 4 is 11.7 Å². The number of nitrogens with one attached hydrogen (secondary N) is 1. The first-order chi connectivity index (χ1) is 9.09. The molecule has 0 saturated heterocycles. The van der Waals surface area contributed by atoms with Crippen LogP contribution in [0.2, 0.25) is 0 Å². The highest BCUT2D eigenvalue weighted by Crippen LogP contribution is 2.21. The van der Waals surface area contributed by atoms with Crippen molar-refractivity contribution in [2.24, 2.45) is 0 Å². The molecule has 2 aromatic carbocycles. The molecule has 0 unspecified atom stereocenters. The van der Waals surface area contributed by atoms with Gasteiger partial charge in [-0.3, -0.25) is 0 Å². The summed E-state index contributed by atoms with van der Waals surface area (Å²) in [6, 6.07) is 13.4. The summed E-state index contributed by atoms with van der Waals surface area (Å²) in [6.07, 6.45) is 0. The summed E-state index contributed by atoms with van der Waals surface area (Å²) in [7, 11) is 0. The summed E-state index contributed by atoms with van der Waals surface area (Å²) < 4.78 is 0. The number of rotatable bonds is 4. The number of para-hydroxylation sites is 1. The average molecular weight is 255 g/mol. The highest BCUT2D eigenvalue weighted by Gasteiger charge is 2.11. The standard InChI is InChI=1S/C16H17NO2/c1-11-6-3-4-8-13(11)10-17-15-12(2)7-5-9-14(15)16(18)19/h3-9,17H,10H2,1-2H3,(H,18,19). The third-order valence-corrected chi connectivity index (χ3v) is 3.22. The molecule has 0 fully saturated rings. The van der Waals surface area contributed by atoms with Crippen molar-refractivity contribution in [2.45, 2.75) is 20.4 Å². The van der Waals surface area contributed by atoms with E-state index < -0.39 is 5.97 Å². The predicted molar refractivity (Wildman–Crippen MR) is 76.6 cm³/mol. The Morgan fingerprint density at radius 2 is 1.74 bits per heavy atom. The molecule has 3 nitrogen and oxygen atoms in total. The van der Waals surface area contributed by atoms with Gasteiger partial charge in [-0.15, -0.1) is 0 Å². The summed E-state index contributed by atoms with van der Waals surface area (Å²) in [4.78, 5) is 11.2. The third kappa shape index (κ3) is 2.94. The lowest BCUT2D eigenvalue weighted by atomic mass is 10.1. The molecule has 0 spiro atoms. The van der Waals surface area contributed by atoms with E-state index >= 15 is 0 Å². The van der Waals surface area contributed by atoms with Crippen LogP contribution < -0.4 is 5.32 Å². The summed E-state index contributed by atoms with van der Waals surface area (Å²) >= 11 is 0. The summed E-state index contributed by atoms with van der Waals surface area (Å²) in [5.74, 6) is -0.906. The van der Waals surface area contributed by atoms with Gasteiger partial charge < -0.3 is 10.4 Å². The minimum absolute atomic E-state index is 0.314. The molecule has 19 heavy (non-hydrogen) atoms. The fourth-order valence-electron chi connectivity index (χ4n) is 2.07. The number of aryl methyl sites for hydroxylation is 2. The second-order valence-electron chi connectivity index (χ2n) is 4.58. The maximum atomic E-state index is 11.2. The Labute approximate surface area is 112 Å². The van der Waals surface area contributed by atoms with E-state index in [0.29, 0.717) is 17.8 Å². The van der Waals surface area contributed by atoms with Gasteiger partial charge in [0.15, 0.2) is 0 Å². The number of carboxylic acids is 1. The van der Waals surface area contributed by atoms with E-state index in [1.54, 1.807) is 12.1 Å². The molecule has 0 atom stereocenters. The molecule has 0 radical (unpaired) electrons. The quantitative estimate of drug-likeness (QED) is 0.877. The molecule has 2 rings (SSSR count). The Bertz CT molecular complexity index is 605. The number of anilines is 1. The minimum Gasteiger partial charge on any atom is -0.478 e. The van der Waals surface area contributed by atoms with E-state index in [1.807, 2.05) is 44.2 Å². The Hall–Kier alpha value is -2.29. The molecular weight excluding hydrogens is 238 g/mol. The second-order valence-corrected chi connectivity index (χ2v) is 4.58. The van der Waals surface area contributed by atoms with Crippen LogP contribution in [-0.2, 0) is 6.54 Å². The number of carbonyl (C=O) groups is 1. The van der Waals surface area contributed by atoms with Crippen molar-refractivity contribution < 1.29 is 9.90 Å². The summed E-state index contributed by atoms with van der Waals surface area (Å²) in [6.45, 7) is 4.58. The maximum absolute atomic E-state index is 11.2. The molecule has 0 heterocycles. The van der Waals surface area contributed by atoms with Crippen LogP contribution in [0.3, 0.4) is 0 Å². The van der Waals surface area contributed by atoms with Crippen molar-refractivity contribution in [1.82, 2.24) is 0 Å². The highest BCUT2D eigenvalue weighted by atomic mass is 16.4. The first kappa shape index (κ1) is 13.1. The van der Waals surface area contributed by atoms with Gasteiger partial charge >= 0.3 is 5.97 Å². The molecule has 0 aliphatic heterocycles. The lowest BCUT2D eigenvalue weighted by Crippen LogP contribution is -2.08. The SMILES string of the molecule is Cc1ccccc1CNc1c(C)cccc1C(=O)O. The van der Waals surface area contributed by atoms with Crippen molar-refractivity contribution in [3.63, 3.8) is 0 Å². The van der Waals surface area contributed by atoms with Crippen LogP contribution in [0.4, 0.5) is 5.69 Å². The van der Waals surface area contributed by atoms with Crippen LogP contribution in [0.25, 0.3) is 0 Å². The lowest BCUT2D eigenvalue weighted by Gasteiger charge is -2.13. The van der Waals surface area contributed by atoms with Gasteiger partial charge in [0.05, 0.1) is 11.3 Å². The van der Waals surface area contributed by atoms with Crippen LogP contribution in [0, 0.1) is 13.8 Å². The zero-order chi connectivity index (χ0) is 13.8. The van der Waals surface area contributed by atoms with Crippen LogP contribution in [0.1, 0.15) is 27.0 Å². The number of hydrogen-bond acceptors (Lipinski definition) is 2. The van der Waals surface area contributed by atoms with Gasteiger partial charge in [-0.25, -0.2) is 4.79 Å². The van der Waals surface area contributed by atoms with Crippen molar-refractivity contribution in [1.29, 1.82) is 0 Å². The highest BCUT2D eigenvalue weighted by molar-refractivity contribution is 5.95. The first-order valence-electron chi connectivity index (χ1n) is 6.21. The van der Waals surface area contributed by atoms with E-state index in [2.05, 4.69) is 5.32 Å². The van der Waals surface area contributed by atoms with E-state index in [9.17, 15) is 9.90 Å². The molecular formula is C16H17NO2. The van der Waals surface area contributed by atoms with Crippen molar-refractivity contribution in [2.75, 3.05) is 5.32 Å². The molecule has 0 aliphatic carbocycles. The zero-order valence-electron chi connectivity index (χ0n) is 11.1. The monoisotopic (exact) mass is 255 g/mol. The van der Waals surface area contributed by atoms with Gasteiger partial charge in [-0.2, -0.15) is 0 Å². The Morgan fingerprint density at radius 3 is 2.42 bits per heavy atom. The van der Waals surface area contributed by atoms with Gasteiger partial charge in [0.25, 0.3) is 0 Å². The predicted octanol–water partition coefficient (Wildman–Crippen LogP) is 3.61. The topological polar surface area (TPSA) is 49.3 Å². The van der Waals surface area contributed by atoms with Crippen LogP contribution >= 0.6 is 0 Å². The van der Waals surface area contributed by atoms with Gasteiger partial charge in [0, 0.05) is 6.54 Å². The second kappa shape index (κ2) is 5.57. The zero-order valence-corrected chi connectivity index (χ0v) is 11.1. The fraction of sp³-hybridized carbons (Fsp3) is 0.188. The van der Waals surface area contributed by atoms with E-state index in [-0.39, 0.29) is 0 Å². The third-order valence-electron chi connectivity index (χ3n) is 3.22. The van der Waals surface area contributed by atoms with Crippen LogP contribution in [-0.4, -0.2) is 11.1 Å². The normalized spacial score (nSPS) is 10.2. The molecule has 2 aromatic rings.